The van der Waals surface area contributed by atoms with Gasteiger partial charge in [-0.2, -0.15) is 0 Å². The molecule has 0 bridgehead atoms. The molecule has 0 aliphatic heterocycles. The van der Waals surface area contributed by atoms with Gasteiger partial charge in [0, 0.05) is 0 Å². The Balaban J connectivity index is 4.62. The van der Waals surface area contributed by atoms with Gasteiger partial charge in [-0.3, -0.25) is 0 Å². The third-order valence-electron chi connectivity index (χ3n) is 2.41. The highest BCUT2D eigenvalue weighted by Gasteiger charge is 2.13. The molecule has 0 atom stereocenters. The first-order valence-corrected chi connectivity index (χ1v) is 7.92. The lowest BCUT2D eigenvalue weighted by Crippen LogP contribution is -2.08. The highest BCUT2D eigenvalue weighted by atomic mass is 32.2. The molecule has 0 heterocycles. The number of rotatable bonds is 8. The minimum absolute atomic E-state index is 0.251. The number of sulfone groups is 1. The molecule has 17 heavy (non-hydrogen) atoms. The van der Waals surface area contributed by atoms with Gasteiger partial charge in [-0.05, 0) is 32.4 Å². The van der Waals surface area contributed by atoms with Crippen LogP contribution in [0.25, 0.3) is 0 Å². The van der Waals surface area contributed by atoms with E-state index in [0.717, 1.165) is 25.7 Å². The summed E-state index contributed by atoms with van der Waals surface area (Å²) in [6.45, 7) is 5.82. The van der Waals surface area contributed by atoms with E-state index in [0.29, 0.717) is 4.91 Å². The van der Waals surface area contributed by atoms with Crippen LogP contribution in [0.2, 0.25) is 0 Å². The largest absolute Gasteiger partial charge is 0.224 e. The quantitative estimate of drug-likeness (QED) is 0.485. The molecule has 0 saturated carbocycles. The predicted octanol–water partition coefficient (Wildman–Crippen LogP) is 4.02. The third-order valence-corrected chi connectivity index (χ3v) is 4.23. The van der Waals surface area contributed by atoms with Crippen LogP contribution in [-0.2, 0) is 9.84 Å². The van der Waals surface area contributed by atoms with Crippen LogP contribution in [0.5, 0.6) is 0 Å². The molecule has 0 rings (SSSR count). The molecule has 0 amide bonds. The van der Waals surface area contributed by atoms with E-state index in [-0.39, 0.29) is 5.75 Å². The van der Waals surface area contributed by atoms with E-state index in [1.165, 1.54) is 0 Å². The summed E-state index contributed by atoms with van der Waals surface area (Å²) in [5.41, 5.74) is 0. The van der Waals surface area contributed by atoms with Gasteiger partial charge in [0.1, 0.15) is 0 Å². The van der Waals surface area contributed by atoms with Crippen molar-refractivity contribution in [2.24, 2.45) is 0 Å². The first kappa shape index (κ1) is 16.2. The molecule has 0 aromatic carbocycles. The van der Waals surface area contributed by atoms with E-state index in [1.54, 1.807) is 24.3 Å². The van der Waals surface area contributed by atoms with Crippen LogP contribution in [-0.4, -0.2) is 14.2 Å². The molecule has 3 heteroatoms. The van der Waals surface area contributed by atoms with Crippen LogP contribution in [0, 0.1) is 0 Å². The Bertz CT molecular complexity index is 373. The van der Waals surface area contributed by atoms with Crippen molar-refractivity contribution in [1.29, 1.82) is 0 Å². The van der Waals surface area contributed by atoms with Crippen molar-refractivity contribution in [2.75, 3.05) is 5.75 Å². The summed E-state index contributed by atoms with van der Waals surface area (Å²) in [5.74, 6) is 0.251. The van der Waals surface area contributed by atoms with Gasteiger partial charge in [0.25, 0.3) is 0 Å². The molecule has 0 N–H and O–H groups in total. The third kappa shape index (κ3) is 7.16. The summed E-state index contributed by atoms with van der Waals surface area (Å²) >= 11 is 0. The zero-order chi connectivity index (χ0) is 13.1. The zero-order valence-electron chi connectivity index (χ0n) is 11.1. The van der Waals surface area contributed by atoms with Gasteiger partial charge >= 0.3 is 0 Å². The lowest BCUT2D eigenvalue weighted by atomic mass is 10.2. The summed E-state index contributed by atoms with van der Waals surface area (Å²) in [6, 6.07) is 0. The highest BCUT2D eigenvalue weighted by Crippen LogP contribution is 2.13. The number of hydrogen-bond acceptors (Lipinski definition) is 2. The molecule has 0 aromatic rings. The summed E-state index contributed by atoms with van der Waals surface area (Å²) in [5, 5.41) is 0. The van der Waals surface area contributed by atoms with Gasteiger partial charge in [0.05, 0.1) is 10.7 Å². The van der Waals surface area contributed by atoms with Crippen molar-refractivity contribution >= 4 is 9.84 Å². The molecule has 0 aromatic heterocycles. The van der Waals surface area contributed by atoms with Gasteiger partial charge in [-0.1, -0.05) is 44.4 Å². The van der Waals surface area contributed by atoms with Crippen LogP contribution in [0.3, 0.4) is 0 Å². The Morgan fingerprint density at radius 2 is 1.76 bits per heavy atom. The molecule has 0 saturated heterocycles. The predicted molar refractivity (Wildman–Crippen MR) is 75.6 cm³/mol. The standard InChI is InChI=1S/C14H24O2S/c1-4-7-9-10-13-17(15,16)14(11-6-3)12-8-5-2/h5-6,8,11-12H,4,7,9-10,13H2,1-3H3/b8-5-,11-6-,14-12+. The topological polar surface area (TPSA) is 34.1 Å². The Hall–Kier alpha value is -0.830. The molecule has 98 valence electrons. The van der Waals surface area contributed by atoms with Gasteiger partial charge in [-0.15, -0.1) is 0 Å². The van der Waals surface area contributed by atoms with E-state index < -0.39 is 9.84 Å². The van der Waals surface area contributed by atoms with E-state index in [2.05, 4.69) is 6.92 Å². The Morgan fingerprint density at radius 1 is 1.06 bits per heavy atom. The maximum absolute atomic E-state index is 12.0. The lowest BCUT2D eigenvalue weighted by molar-refractivity contribution is 0.595. The number of allylic oxidation sites excluding steroid dienone is 5. The van der Waals surface area contributed by atoms with E-state index in [9.17, 15) is 8.42 Å². The Labute approximate surface area is 106 Å². The summed E-state index contributed by atoms with van der Waals surface area (Å²) < 4.78 is 24.1. The van der Waals surface area contributed by atoms with Gasteiger partial charge in [-0.25, -0.2) is 8.42 Å². The number of hydrogen-bond donors (Lipinski definition) is 0. The van der Waals surface area contributed by atoms with Crippen molar-refractivity contribution in [1.82, 2.24) is 0 Å². The summed E-state index contributed by atoms with van der Waals surface area (Å²) in [7, 11) is -3.11. The second-order valence-corrected chi connectivity index (χ2v) is 6.08. The fraction of sp³-hybridized carbons (Fsp3) is 0.571. The van der Waals surface area contributed by atoms with E-state index in [4.69, 9.17) is 0 Å². The minimum Gasteiger partial charge on any atom is -0.224 e. The molecule has 0 aliphatic rings. The molecule has 0 fully saturated rings. The summed E-state index contributed by atoms with van der Waals surface area (Å²) in [6.07, 6.45) is 12.6. The second kappa shape index (κ2) is 9.23. The fourth-order valence-corrected chi connectivity index (χ4v) is 2.90. The molecular formula is C14H24O2S. The normalized spacial score (nSPS) is 13.9. The Morgan fingerprint density at radius 3 is 2.29 bits per heavy atom. The highest BCUT2D eigenvalue weighted by molar-refractivity contribution is 7.95. The first-order chi connectivity index (χ1) is 8.08. The van der Waals surface area contributed by atoms with E-state index in [1.807, 2.05) is 19.9 Å². The van der Waals surface area contributed by atoms with Crippen LogP contribution >= 0.6 is 0 Å². The van der Waals surface area contributed by atoms with Crippen LogP contribution in [0.1, 0.15) is 46.5 Å². The molecule has 0 unspecified atom stereocenters. The van der Waals surface area contributed by atoms with Crippen molar-refractivity contribution in [3.8, 4) is 0 Å². The van der Waals surface area contributed by atoms with Gasteiger partial charge in [0.15, 0.2) is 9.84 Å². The maximum Gasteiger partial charge on any atom is 0.178 e. The first-order valence-electron chi connectivity index (χ1n) is 6.27. The van der Waals surface area contributed by atoms with E-state index >= 15 is 0 Å². The van der Waals surface area contributed by atoms with Crippen molar-refractivity contribution in [3.05, 3.63) is 35.3 Å². The fourth-order valence-electron chi connectivity index (χ4n) is 1.45. The SMILES string of the molecule is C\C=C/C=C(\C=C/C)S(=O)(=O)CCCCCC. The Kier molecular flexibility index (Phi) is 8.78. The van der Waals surface area contributed by atoms with Crippen molar-refractivity contribution in [3.63, 3.8) is 0 Å². The average molecular weight is 256 g/mol. The van der Waals surface area contributed by atoms with Crippen molar-refractivity contribution in [2.45, 2.75) is 46.5 Å². The molecule has 0 radical (unpaired) electrons. The monoisotopic (exact) mass is 256 g/mol. The molecular weight excluding hydrogens is 232 g/mol. The number of unbranched alkanes of at least 4 members (excludes halogenated alkanes) is 3. The second-order valence-electron chi connectivity index (χ2n) is 3.97. The minimum atomic E-state index is -3.11. The summed E-state index contributed by atoms with van der Waals surface area (Å²) in [4.78, 5) is 0.412. The van der Waals surface area contributed by atoms with Crippen LogP contribution in [0.4, 0.5) is 0 Å². The van der Waals surface area contributed by atoms with Gasteiger partial charge < -0.3 is 0 Å². The molecule has 2 nitrogen and oxygen atoms in total. The zero-order valence-corrected chi connectivity index (χ0v) is 12.0. The van der Waals surface area contributed by atoms with Gasteiger partial charge in [0.2, 0.25) is 0 Å². The van der Waals surface area contributed by atoms with Crippen molar-refractivity contribution < 1.29 is 8.42 Å². The average Bonchev–Trinajstić information content (AvgIpc) is 2.30. The molecule has 0 spiro atoms. The lowest BCUT2D eigenvalue weighted by Gasteiger charge is -2.04. The van der Waals surface area contributed by atoms with Crippen LogP contribution in [0.15, 0.2) is 35.3 Å². The smallest absolute Gasteiger partial charge is 0.178 e. The molecule has 0 aliphatic carbocycles. The maximum atomic E-state index is 12.0. The van der Waals surface area contributed by atoms with Crippen LogP contribution < -0.4 is 0 Å².